The zero-order chi connectivity index (χ0) is 13.9. The third-order valence-electron chi connectivity index (χ3n) is 3.66. The van der Waals surface area contributed by atoms with Gasteiger partial charge in [0.15, 0.2) is 0 Å². The maximum Gasteiger partial charge on any atom is 0.137 e. The smallest absolute Gasteiger partial charge is 0.137 e. The molecule has 3 nitrogen and oxygen atoms in total. The van der Waals surface area contributed by atoms with Gasteiger partial charge in [0.2, 0.25) is 0 Å². The lowest BCUT2D eigenvalue weighted by molar-refractivity contribution is 0.142. The third kappa shape index (κ3) is 2.97. The lowest BCUT2D eigenvalue weighted by Gasteiger charge is -2.40. The zero-order valence-corrected chi connectivity index (χ0v) is 12.8. The summed E-state index contributed by atoms with van der Waals surface area (Å²) in [7, 11) is 7.77. The van der Waals surface area contributed by atoms with Crippen molar-refractivity contribution < 1.29 is 4.74 Å². The monoisotopic (exact) mass is 270 g/mol. The van der Waals surface area contributed by atoms with Gasteiger partial charge in [0.05, 0.1) is 18.2 Å². The highest BCUT2D eigenvalue weighted by atomic mass is 35.5. The molecule has 0 heterocycles. The topological polar surface area (TPSA) is 24.5 Å². The zero-order valence-electron chi connectivity index (χ0n) is 12.0. The molecule has 0 amide bonds. The van der Waals surface area contributed by atoms with Crippen molar-refractivity contribution in [3.05, 3.63) is 28.8 Å². The number of methoxy groups -OCH3 is 1. The molecule has 0 saturated heterocycles. The molecule has 1 aromatic rings. The Morgan fingerprint density at radius 1 is 1.33 bits per heavy atom. The van der Waals surface area contributed by atoms with E-state index in [9.17, 15) is 0 Å². The Morgan fingerprint density at radius 2 is 1.94 bits per heavy atom. The first-order chi connectivity index (χ1) is 8.34. The third-order valence-corrected chi connectivity index (χ3v) is 3.97. The second kappa shape index (κ2) is 5.91. The van der Waals surface area contributed by atoms with Gasteiger partial charge in [-0.2, -0.15) is 0 Å². The number of nitrogens with one attached hydrogen (secondary N) is 1. The molecule has 0 bridgehead atoms. The minimum atomic E-state index is -0.0202. The first-order valence-electron chi connectivity index (χ1n) is 6.02. The van der Waals surface area contributed by atoms with Crippen LogP contribution in [0.1, 0.15) is 25.5 Å². The molecule has 0 fully saturated rings. The Bertz CT molecular complexity index is 405. The summed E-state index contributed by atoms with van der Waals surface area (Å²) in [5.41, 5.74) is 1.14. The van der Waals surface area contributed by atoms with Gasteiger partial charge in [-0.3, -0.25) is 0 Å². The van der Waals surface area contributed by atoms with E-state index in [1.165, 1.54) is 0 Å². The van der Waals surface area contributed by atoms with E-state index in [0.717, 1.165) is 5.56 Å². The first kappa shape index (κ1) is 15.3. The highest BCUT2D eigenvalue weighted by Gasteiger charge is 2.32. The Labute approximate surface area is 115 Å². The van der Waals surface area contributed by atoms with Gasteiger partial charge in [-0.1, -0.05) is 17.7 Å². The predicted octanol–water partition coefficient (Wildman–Crippen LogP) is 2.95. The number of nitrogens with zero attached hydrogens (tertiary/aromatic N) is 1. The molecule has 0 aliphatic carbocycles. The highest BCUT2D eigenvalue weighted by Crippen LogP contribution is 2.33. The first-order valence-corrected chi connectivity index (χ1v) is 6.40. The summed E-state index contributed by atoms with van der Waals surface area (Å²) in [6.45, 7) is 4.41. The van der Waals surface area contributed by atoms with Crippen LogP contribution < -0.4 is 10.1 Å². The molecule has 1 N–H and O–H groups in total. The fourth-order valence-corrected chi connectivity index (χ4v) is 2.24. The van der Waals surface area contributed by atoms with Crippen LogP contribution in [0.3, 0.4) is 0 Å². The summed E-state index contributed by atoms with van der Waals surface area (Å²) in [5.74, 6) is 0.712. The van der Waals surface area contributed by atoms with Crippen molar-refractivity contribution in [3.63, 3.8) is 0 Å². The maximum absolute atomic E-state index is 6.07. The fraction of sp³-hybridized carbons (Fsp3) is 0.571. The summed E-state index contributed by atoms with van der Waals surface area (Å²) >= 11 is 6.07. The molecule has 0 saturated carbocycles. The molecule has 18 heavy (non-hydrogen) atoms. The van der Waals surface area contributed by atoms with Crippen molar-refractivity contribution in [3.8, 4) is 5.75 Å². The molecule has 4 heteroatoms. The second-order valence-corrected chi connectivity index (χ2v) is 5.57. The second-order valence-electron chi connectivity index (χ2n) is 5.16. The van der Waals surface area contributed by atoms with Crippen LogP contribution in [0.5, 0.6) is 5.75 Å². The van der Waals surface area contributed by atoms with Crippen LogP contribution in [0, 0.1) is 0 Å². The number of hydrogen-bond acceptors (Lipinski definition) is 3. The molecule has 1 aromatic carbocycles. The molecule has 0 aliphatic heterocycles. The van der Waals surface area contributed by atoms with Crippen molar-refractivity contribution in [2.45, 2.75) is 25.4 Å². The van der Waals surface area contributed by atoms with Crippen molar-refractivity contribution >= 4 is 11.6 Å². The molecule has 0 radical (unpaired) electrons. The van der Waals surface area contributed by atoms with Gasteiger partial charge in [-0.25, -0.2) is 0 Å². The summed E-state index contributed by atoms with van der Waals surface area (Å²) in [4.78, 5) is 2.20. The number of benzene rings is 1. The van der Waals surface area contributed by atoms with E-state index in [0.29, 0.717) is 10.8 Å². The molecular weight excluding hydrogens is 248 g/mol. The average molecular weight is 271 g/mol. The summed E-state index contributed by atoms with van der Waals surface area (Å²) in [6, 6.07) is 6.11. The molecule has 0 aliphatic rings. The molecule has 102 valence electrons. The van der Waals surface area contributed by atoms with Crippen molar-refractivity contribution in [1.29, 1.82) is 0 Å². The quantitative estimate of drug-likeness (QED) is 0.890. The van der Waals surface area contributed by atoms with Gasteiger partial charge in [-0.15, -0.1) is 0 Å². The van der Waals surface area contributed by atoms with Crippen LogP contribution in [0.15, 0.2) is 18.2 Å². The molecule has 0 aromatic heterocycles. The minimum Gasteiger partial charge on any atom is -0.495 e. The number of likely N-dealkylation sites (N-methyl/N-ethyl adjacent to an activating group) is 2. The van der Waals surface area contributed by atoms with Crippen LogP contribution >= 0.6 is 11.6 Å². The van der Waals surface area contributed by atoms with E-state index in [4.69, 9.17) is 16.3 Å². The van der Waals surface area contributed by atoms with E-state index in [1.807, 2.05) is 25.2 Å². The summed E-state index contributed by atoms with van der Waals surface area (Å²) in [6.07, 6.45) is 0. The molecule has 0 spiro atoms. The SMILES string of the molecule is CNC(c1ccc(Cl)c(OC)c1)C(C)(C)N(C)C. The number of hydrogen-bond donors (Lipinski definition) is 1. The number of halogens is 1. The van der Waals surface area contributed by atoms with E-state index < -0.39 is 0 Å². The van der Waals surface area contributed by atoms with Crippen LogP contribution in [-0.4, -0.2) is 38.7 Å². The lowest BCUT2D eigenvalue weighted by Crippen LogP contribution is -2.48. The Morgan fingerprint density at radius 3 is 2.39 bits per heavy atom. The minimum absolute atomic E-state index is 0.0202. The number of ether oxygens (including phenoxy) is 1. The maximum atomic E-state index is 6.07. The normalized spacial score (nSPS) is 13.8. The van der Waals surface area contributed by atoms with E-state index in [1.54, 1.807) is 7.11 Å². The van der Waals surface area contributed by atoms with Crippen LogP contribution in [0.25, 0.3) is 0 Å². The standard InChI is InChI=1S/C14H23ClN2O/c1-14(2,17(4)5)13(16-3)10-7-8-11(15)12(9-10)18-6/h7-9,13,16H,1-6H3. The van der Waals surface area contributed by atoms with Crippen LogP contribution in [-0.2, 0) is 0 Å². The summed E-state index contributed by atoms with van der Waals surface area (Å²) < 4.78 is 5.28. The lowest BCUT2D eigenvalue weighted by atomic mass is 9.87. The van der Waals surface area contributed by atoms with E-state index in [-0.39, 0.29) is 11.6 Å². The van der Waals surface area contributed by atoms with E-state index in [2.05, 4.69) is 38.2 Å². The van der Waals surface area contributed by atoms with Gasteiger partial charge in [0.25, 0.3) is 0 Å². The average Bonchev–Trinajstić information content (AvgIpc) is 2.31. The van der Waals surface area contributed by atoms with Gasteiger partial charge in [0.1, 0.15) is 5.75 Å². The number of rotatable bonds is 5. The van der Waals surface area contributed by atoms with E-state index >= 15 is 0 Å². The van der Waals surface area contributed by atoms with Gasteiger partial charge < -0.3 is 15.0 Å². The highest BCUT2D eigenvalue weighted by molar-refractivity contribution is 6.32. The van der Waals surface area contributed by atoms with Crippen LogP contribution in [0.2, 0.25) is 5.02 Å². The summed E-state index contributed by atoms with van der Waals surface area (Å²) in [5, 5.41) is 4.01. The molecule has 1 atom stereocenters. The van der Waals surface area contributed by atoms with Crippen molar-refractivity contribution in [2.75, 3.05) is 28.3 Å². The Kier molecular flexibility index (Phi) is 5.02. The fourth-order valence-electron chi connectivity index (χ4n) is 2.04. The van der Waals surface area contributed by atoms with Gasteiger partial charge >= 0.3 is 0 Å². The van der Waals surface area contributed by atoms with Crippen LogP contribution in [0.4, 0.5) is 0 Å². The largest absolute Gasteiger partial charge is 0.495 e. The Balaban J connectivity index is 3.17. The molecule has 1 unspecified atom stereocenters. The van der Waals surface area contributed by atoms with Crippen molar-refractivity contribution in [2.24, 2.45) is 0 Å². The Hall–Kier alpha value is -0.770. The molecular formula is C14H23ClN2O. The van der Waals surface area contributed by atoms with Crippen molar-refractivity contribution in [1.82, 2.24) is 10.2 Å². The predicted molar refractivity (Wildman–Crippen MR) is 77.6 cm³/mol. The van der Waals surface area contributed by atoms with Gasteiger partial charge in [-0.05, 0) is 52.7 Å². The molecule has 1 rings (SSSR count). The van der Waals surface area contributed by atoms with Gasteiger partial charge in [0, 0.05) is 5.54 Å².